The quantitative estimate of drug-likeness (QED) is 0.540. The van der Waals surface area contributed by atoms with Gasteiger partial charge in [0.05, 0.1) is 12.5 Å². The zero-order chi connectivity index (χ0) is 9.68. The first-order valence-electron chi connectivity index (χ1n) is 3.72. The maximum Gasteiger partial charge on any atom is 0.124 e. The molecule has 0 aliphatic rings. The van der Waals surface area contributed by atoms with E-state index in [4.69, 9.17) is 16.7 Å². The number of aliphatic hydroxyl groups excluding tert-OH is 1. The molecule has 1 aromatic carbocycles. The first-order valence-corrected chi connectivity index (χ1v) is 4.25. The van der Waals surface area contributed by atoms with Crippen LogP contribution in [0.2, 0.25) is 0 Å². The van der Waals surface area contributed by atoms with Crippen molar-refractivity contribution in [2.75, 3.05) is 5.88 Å². The van der Waals surface area contributed by atoms with Crippen molar-refractivity contribution in [2.45, 2.75) is 6.61 Å². The van der Waals surface area contributed by atoms with E-state index >= 15 is 0 Å². The van der Waals surface area contributed by atoms with E-state index in [2.05, 4.69) is 11.8 Å². The van der Waals surface area contributed by atoms with Gasteiger partial charge >= 0.3 is 0 Å². The molecule has 0 fully saturated rings. The van der Waals surface area contributed by atoms with E-state index in [-0.39, 0.29) is 18.3 Å². The zero-order valence-corrected chi connectivity index (χ0v) is 7.61. The van der Waals surface area contributed by atoms with Crippen LogP contribution in [0.5, 0.6) is 0 Å². The van der Waals surface area contributed by atoms with Crippen LogP contribution in [0.25, 0.3) is 0 Å². The molecule has 0 spiro atoms. The van der Waals surface area contributed by atoms with Crippen molar-refractivity contribution >= 4 is 11.6 Å². The first-order chi connectivity index (χ1) is 6.27. The molecule has 1 aromatic rings. The second kappa shape index (κ2) is 4.86. The van der Waals surface area contributed by atoms with E-state index in [1.165, 1.54) is 18.2 Å². The minimum Gasteiger partial charge on any atom is -0.392 e. The van der Waals surface area contributed by atoms with Gasteiger partial charge in [0, 0.05) is 5.56 Å². The Bertz CT molecular complexity index is 352. The van der Waals surface area contributed by atoms with Gasteiger partial charge < -0.3 is 5.11 Å². The third kappa shape index (κ3) is 2.73. The Hall–Kier alpha value is -1.04. The Balaban J connectivity index is 3.08. The van der Waals surface area contributed by atoms with Gasteiger partial charge in [-0.3, -0.25) is 0 Å². The molecule has 1 nitrogen and oxygen atoms in total. The number of rotatable bonds is 1. The summed E-state index contributed by atoms with van der Waals surface area (Å²) in [6, 6.07) is 4.08. The summed E-state index contributed by atoms with van der Waals surface area (Å²) in [7, 11) is 0. The van der Waals surface area contributed by atoms with E-state index in [1.807, 2.05) is 0 Å². The molecule has 0 aliphatic carbocycles. The topological polar surface area (TPSA) is 20.2 Å². The molecule has 0 saturated carbocycles. The fraction of sp³-hybridized carbons (Fsp3) is 0.200. The summed E-state index contributed by atoms with van der Waals surface area (Å²) >= 11 is 5.36. The highest BCUT2D eigenvalue weighted by Crippen LogP contribution is 2.09. The van der Waals surface area contributed by atoms with Crippen LogP contribution < -0.4 is 0 Å². The SMILES string of the molecule is OCc1ccc(F)cc1C#CCCl. The molecular formula is C10H8ClFO. The van der Waals surface area contributed by atoms with Gasteiger partial charge in [-0.25, -0.2) is 4.39 Å². The lowest BCUT2D eigenvalue weighted by Crippen LogP contribution is -1.90. The second-order valence-corrected chi connectivity index (χ2v) is 2.66. The normalized spacial score (nSPS) is 9.15. The summed E-state index contributed by atoms with van der Waals surface area (Å²) in [5.74, 6) is 5.11. The maximum absolute atomic E-state index is 12.7. The third-order valence-corrected chi connectivity index (χ3v) is 1.67. The molecule has 1 rings (SSSR count). The molecule has 1 N–H and O–H groups in total. The van der Waals surface area contributed by atoms with E-state index < -0.39 is 0 Å². The van der Waals surface area contributed by atoms with Crippen LogP contribution in [-0.4, -0.2) is 11.0 Å². The van der Waals surface area contributed by atoms with Crippen molar-refractivity contribution in [2.24, 2.45) is 0 Å². The van der Waals surface area contributed by atoms with Crippen LogP contribution in [-0.2, 0) is 6.61 Å². The molecule has 0 bridgehead atoms. The molecule has 0 radical (unpaired) electrons. The Kier molecular flexibility index (Phi) is 3.75. The first kappa shape index (κ1) is 10.0. The predicted octanol–water partition coefficient (Wildman–Crippen LogP) is 1.91. The van der Waals surface area contributed by atoms with Crippen LogP contribution in [0.15, 0.2) is 18.2 Å². The Morgan fingerprint density at radius 2 is 2.23 bits per heavy atom. The van der Waals surface area contributed by atoms with Gasteiger partial charge in [-0.1, -0.05) is 17.9 Å². The molecule has 0 heterocycles. The van der Waals surface area contributed by atoms with E-state index in [1.54, 1.807) is 0 Å². The third-order valence-electron chi connectivity index (χ3n) is 1.53. The van der Waals surface area contributed by atoms with Crippen LogP contribution in [0.4, 0.5) is 4.39 Å². The molecule has 0 aromatic heterocycles. The zero-order valence-electron chi connectivity index (χ0n) is 6.85. The smallest absolute Gasteiger partial charge is 0.124 e. The molecule has 0 aliphatic heterocycles. The number of halogens is 2. The lowest BCUT2D eigenvalue weighted by molar-refractivity contribution is 0.281. The summed E-state index contributed by atoms with van der Waals surface area (Å²) in [6.45, 7) is -0.146. The van der Waals surface area contributed by atoms with Crippen LogP contribution >= 0.6 is 11.6 Å². The highest BCUT2D eigenvalue weighted by atomic mass is 35.5. The maximum atomic E-state index is 12.7. The highest BCUT2D eigenvalue weighted by molar-refractivity contribution is 6.19. The number of hydrogen-bond donors (Lipinski definition) is 1. The van der Waals surface area contributed by atoms with Crippen molar-refractivity contribution in [1.82, 2.24) is 0 Å². The molecule has 0 saturated heterocycles. The number of benzene rings is 1. The van der Waals surface area contributed by atoms with Gasteiger partial charge in [0.2, 0.25) is 0 Å². The number of aliphatic hydroxyl groups is 1. The average Bonchev–Trinajstić information content (AvgIpc) is 2.15. The van der Waals surface area contributed by atoms with E-state index in [0.29, 0.717) is 11.1 Å². The van der Waals surface area contributed by atoms with Crippen LogP contribution in [0.1, 0.15) is 11.1 Å². The fourth-order valence-electron chi connectivity index (χ4n) is 0.932. The summed E-state index contributed by atoms with van der Waals surface area (Å²) in [5, 5.41) is 8.89. The van der Waals surface area contributed by atoms with Crippen LogP contribution in [0.3, 0.4) is 0 Å². The predicted molar refractivity (Wildman–Crippen MR) is 49.9 cm³/mol. The van der Waals surface area contributed by atoms with Crippen molar-refractivity contribution < 1.29 is 9.50 Å². The molecule has 0 unspecified atom stereocenters. The molecule has 0 atom stereocenters. The van der Waals surface area contributed by atoms with Gasteiger partial charge in [0.25, 0.3) is 0 Å². The molecule has 3 heteroatoms. The van der Waals surface area contributed by atoms with Crippen molar-refractivity contribution in [3.8, 4) is 11.8 Å². The summed E-state index contributed by atoms with van der Waals surface area (Å²) in [4.78, 5) is 0. The Morgan fingerprint density at radius 3 is 2.85 bits per heavy atom. The molecular weight excluding hydrogens is 191 g/mol. The van der Waals surface area contributed by atoms with Crippen molar-refractivity contribution in [3.05, 3.63) is 35.1 Å². The lowest BCUT2D eigenvalue weighted by atomic mass is 10.1. The Labute approximate surface area is 81.2 Å². The summed E-state index contributed by atoms with van der Waals surface area (Å²) < 4.78 is 12.7. The van der Waals surface area contributed by atoms with Gasteiger partial charge in [-0.15, -0.1) is 11.6 Å². The number of alkyl halides is 1. The van der Waals surface area contributed by atoms with Crippen molar-refractivity contribution in [3.63, 3.8) is 0 Å². The van der Waals surface area contributed by atoms with E-state index in [0.717, 1.165) is 0 Å². The van der Waals surface area contributed by atoms with Crippen LogP contribution in [0, 0.1) is 17.7 Å². The highest BCUT2D eigenvalue weighted by Gasteiger charge is 1.99. The average molecular weight is 199 g/mol. The minimum absolute atomic E-state index is 0.146. The lowest BCUT2D eigenvalue weighted by Gasteiger charge is -1.99. The van der Waals surface area contributed by atoms with Gasteiger partial charge in [0.15, 0.2) is 0 Å². The standard InChI is InChI=1S/C10H8ClFO/c11-5-1-2-8-6-10(12)4-3-9(8)7-13/h3-4,6,13H,5,7H2. The summed E-state index contributed by atoms with van der Waals surface area (Å²) in [5.41, 5.74) is 1.10. The molecule has 68 valence electrons. The minimum atomic E-state index is -0.365. The Morgan fingerprint density at radius 1 is 1.46 bits per heavy atom. The molecule has 0 amide bonds. The monoisotopic (exact) mass is 198 g/mol. The molecule has 13 heavy (non-hydrogen) atoms. The summed E-state index contributed by atoms with van der Waals surface area (Å²) in [6.07, 6.45) is 0. The van der Waals surface area contributed by atoms with E-state index in [9.17, 15) is 4.39 Å². The largest absolute Gasteiger partial charge is 0.392 e. The van der Waals surface area contributed by atoms with Gasteiger partial charge in [-0.05, 0) is 17.7 Å². The van der Waals surface area contributed by atoms with Gasteiger partial charge in [-0.2, -0.15) is 0 Å². The second-order valence-electron chi connectivity index (χ2n) is 2.39. The fourth-order valence-corrected chi connectivity index (χ4v) is 0.998. The van der Waals surface area contributed by atoms with Gasteiger partial charge in [0.1, 0.15) is 5.82 Å². The van der Waals surface area contributed by atoms with Crippen molar-refractivity contribution in [1.29, 1.82) is 0 Å². The number of hydrogen-bond acceptors (Lipinski definition) is 1.